The van der Waals surface area contributed by atoms with Crippen LogP contribution in [0.2, 0.25) is 0 Å². The lowest BCUT2D eigenvalue weighted by molar-refractivity contribution is -0.125. The molecule has 6 aromatic heterocycles. The van der Waals surface area contributed by atoms with Crippen LogP contribution in [0.1, 0.15) is 37.1 Å². The van der Waals surface area contributed by atoms with E-state index in [1.807, 2.05) is 18.3 Å². The first kappa shape index (κ1) is 52.7. The van der Waals surface area contributed by atoms with Gasteiger partial charge in [-0.25, -0.2) is 33.3 Å². The first-order valence-corrected chi connectivity index (χ1v) is 19.4. The molecular weight excluding hydrogens is 897 g/mol. The Balaban J connectivity index is 0.000000219. The fourth-order valence-electron chi connectivity index (χ4n) is 4.48. The molecule has 0 atom stereocenters. The first-order chi connectivity index (χ1) is 32.1. The minimum absolute atomic E-state index is 0.172. The van der Waals surface area contributed by atoms with Crippen molar-refractivity contribution in [3.05, 3.63) is 126 Å². The highest BCUT2D eigenvalue weighted by Crippen LogP contribution is 2.10. The number of H-pyrrole nitrogens is 4. The van der Waals surface area contributed by atoms with Gasteiger partial charge in [0, 0.05) is 42.0 Å². The number of aromatic nitrogens is 16. The summed E-state index contributed by atoms with van der Waals surface area (Å²) >= 11 is 0. The Kier molecular flexibility index (Phi) is 19.4. The average molecular weight is 945 g/mol. The van der Waals surface area contributed by atoms with Crippen LogP contribution in [0.4, 0.5) is 21.5 Å². The molecule has 360 valence electrons. The molecule has 6 heterocycles. The normalized spacial score (nSPS) is 9.85. The number of para-hydroxylation sites is 2. The number of nitrogen functional groups attached to an aromatic ring is 1. The zero-order valence-electron chi connectivity index (χ0n) is 38.2. The van der Waals surface area contributed by atoms with Crippen LogP contribution in [0, 0.1) is 27.7 Å². The van der Waals surface area contributed by atoms with Gasteiger partial charge in [0.1, 0.15) is 34.8 Å². The highest BCUT2D eigenvalue weighted by atomic mass is 16.6. The van der Waals surface area contributed by atoms with E-state index in [4.69, 9.17) is 15.2 Å². The van der Waals surface area contributed by atoms with E-state index in [0.717, 1.165) is 30.1 Å². The Hall–Kier alpha value is -9.64. The van der Waals surface area contributed by atoms with E-state index in [9.17, 15) is 38.4 Å². The van der Waals surface area contributed by atoms with Crippen molar-refractivity contribution in [1.82, 2.24) is 88.9 Å². The maximum absolute atomic E-state index is 11.4. The van der Waals surface area contributed by atoms with Crippen LogP contribution in [0.15, 0.2) is 79.8 Å². The van der Waals surface area contributed by atoms with Crippen LogP contribution in [0.25, 0.3) is 11.6 Å². The Morgan fingerprint density at radius 2 is 1.21 bits per heavy atom. The molecule has 30 nitrogen and oxygen atoms in total. The number of rotatable bonds is 3. The smallest absolute Gasteiger partial charge is 0.410 e. The van der Waals surface area contributed by atoms with Crippen LogP contribution < -0.4 is 48.6 Å². The highest BCUT2D eigenvalue weighted by molar-refractivity contribution is 5.91. The Morgan fingerprint density at radius 1 is 0.676 bits per heavy atom. The SMILES string of the molecule is CC(=O)N(C)C(=O)Oc1ccccc1.CC(=O)NC(=O)Oc1ccccc1.CNc1n[nH]c(C)n1.Cc1nc(N)n[nH]1.Cc1nc2[nH]c(=O)n(C)c(=O)n2n1.Cc1nc2n(C)c(=O)[nH]c(=O)n2n1. The van der Waals surface area contributed by atoms with E-state index >= 15 is 0 Å². The summed E-state index contributed by atoms with van der Waals surface area (Å²) in [6.45, 7) is 9.48. The number of nitrogens with zero attached hydrogens (tertiary/aromatic N) is 13. The molecule has 0 aliphatic carbocycles. The van der Waals surface area contributed by atoms with E-state index in [2.05, 4.69) is 65.8 Å². The number of anilines is 2. The Morgan fingerprint density at radius 3 is 1.68 bits per heavy atom. The third-order valence-corrected chi connectivity index (χ3v) is 7.77. The third kappa shape index (κ3) is 16.5. The Labute approximate surface area is 382 Å². The lowest BCUT2D eigenvalue weighted by atomic mass is 10.3. The topological polar surface area (TPSA) is 393 Å². The number of hydrogen-bond donors (Lipinski definition) is 7. The number of ether oxygens (including phenoxy) is 2. The second-order valence-electron chi connectivity index (χ2n) is 13.2. The number of nitrogens with two attached hydrogens (primary N) is 1. The van der Waals surface area contributed by atoms with Crippen LogP contribution >= 0.6 is 0 Å². The number of aromatic amines is 4. The molecule has 0 bridgehead atoms. The number of fused-ring (bicyclic) bond motifs is 2. The maximum Gasteiger partial charge on any atom is 0.421 e. The van der Waals surface area contributed by atoms with Crippen LogP contribution in [-0.4, -0.2) is 122 Å². The summed E-state index contributed by atoms with van der Waals surface area (Å²) in [5.41, 5.74) is 3.06. The number of hydrogen-bond acceptors (Lipinski definition) is 20. The van der Waals surface area contributed by atoms with Crippen molar-refractivity contribution in [2.75, 3.05) is 25.1 Å². The van der Waals surface area contributed by atoms with Gasteiger partial charge in [-0.1, -0.05) is 36.4 Å². The van der Waals surface area contributed by atoms with Gasteiger partial charge in [-0.2, -0.15) is 19.9 Å². The van der Waals surface area contributed by atoms with Crippen molar-refractivity contribution < 1.29 is 28.7 Å². The number of benzene rings is 2. The molecule has 0 saturated heterocycles. The Bertz CT molecular complexity index is 3160. The summed E-state index contributed by atoms with van der Waals surface area (Å²) in [6, 6.07) is 17.1. The molecule has 8 rings (SSSR count). The zero-order chi connectivity index (χ0) is 50.7. The van der Waals surface area contributed by atoms with Gasteiger partial charge in [0.05, 0.1) is 0 Å². The van der Waals surface area contributed by atoms with E-state index in [0.29, 0.717) is 35.0 Å². The fraction of sp³-hybridized carbons (Fsp3) is 0.263. The maximum atomic E-state index is 11.4. The van der Waals surface area contributed by atoms with Crippen molar-refractivity contribution in [2.45, 2.75) is 41.5 Å². The van der Waals surface area contributed by atoms with Crippen LogP contribution in [0.3, 0.4) is 0 Å². The predicted molar refractivity (Wildman–Crippen MR) is 241 cm³/mol. The number of imide groups is 2. The molecule has 0 radical (unpaired) electrons. The van der Waals surface area contributed by atoms with Crippen LogP contribution in [-0.2, 0) is 23.7 Å². The highest BCUT2D eigenvalue weighted by Gasteiger charge is 2.14. The van der Waals surface area contributed by atoms with Crippen molar-refractivity contribution in [1.29, 1.82) is 0 Å². The molecule has 0 spiro atoms. The molecule has 0 unspecified atom stereocenters. The van der Waals surface area contributed by atoms with Gasteiger partial charge in [-0.15, -0.1) is 29.4 Å². The molecule has 0 saturated carbocycles. The number of nitrogens with one attached hydrogen (secondary N) is 6. The number of aryl methyl sites for hydroxylation is 5. The summed E-state index contributed by atoms with van der Waals surface area (Å²) in [7, 11) is 6.04. The quantitative estimate of drug-likeness (QED) is 0.119. The van der Waals surface area contributed by atoms with Gasteiger partial charge in [-0.3, -0.25) is 44.5 Å². The summed E-state index contributed by atoms with van der Waals surface area (Å²) in [4.78, 5) is 109. The molecule has 0 fully saturated rings. The zero-order valence-corrected chi connectivity index (χ0v) is 38.2. The summed E-state index contributed by atoms with van der Waals surface area (Å²) in [6.07, 6.45) is -1.44. The minimum atomic E-state index is -0.765. The number of amides is 4. The molecular formula is C38H48N20O10. The van der Waals surface area contributed by atoms with E-state index in [1.54, 1.807) is 82.4 Å². The summed E-state index contributed by atoms with van der Waals surface area (Å²) in [5, 5.41) is 25.0. The summed E-state index contributed by atoms with van der Waals surface area (Å²) < 4.78 is 13.9. The van der Waals surface area contributed by atoms with Crippen LogP contribution in [0.5, 0.6) is 11.5 Å². The molecule has 4 amide bonds. The largest absolute Gasteiger partial charge is 0.421 e. The molecule has 0 aliphatic heterocycles. The molecule has 8 N–H and O–H groups in total. The van der Waals surface area contributed by atoms with E-state index in [-0.39, 0.29) is 17.5 Å². The van der Waals surface area contributed by atoms with Gasteiger partial charge in [0.2, 0.25) is 35.3 Å². The second-order valence-corrected chi connectivity index (χ2v) is 13.2. The third-order valence-electron chi connectivity index (χ3n) is 7.77. The van der Waals surface area contributed by atoms with Gasteiger partial charge in [0.15, 0.2) is 0 Å². The first-order valence-electron chi connectivity index (χ1n) is 19.4. The van der Waals surface area contributed by atoms with Gasteiger partial charge in [0.25, 0.3) is 0 Å². The average Bonchev–Trinajstić information content (AvgIpc) is 4.10. The molecule has 8 aromatic rings. The standard InChI is InChI=1S/C10H11NO3.C9H9NO3.2C6H7N5O2.C4H8N4.C3H6N4/c1-8(12)11(2)10(13)14-9-6-4-3-5-7-9;1-7(11)10-9(12)13-8-5-3-2-4-6-8;1-3-7-4-10(2)5(12)8-6(13)11(4)9-3;1-3-7-4-8-5(12)10(2)6(13)11(4)9-3;1-3-6-4(5-2)8-7-3;1-2-5-3(4)7-6-2/h3-7H,1-2H3;2-6H,1H3,(H,10,11,12);1-2H3,(H,8,12,13);1-2H3,(H,7,8,9,12);1-2H3,(H2,5,6,7,8);1H3,(H3,4,5,6,7). The molecule has 68 heavy (non-hydrogen) atoms. The van der Waals surface area contributed by atoms with Gasteiger partial charge >= 0.3 is 34.9 Å². The monoisotopic (exact) mass is 944 g/mol. The van der Waals surface area contributed by atoms with E-state index < -0.39 is 40.9 Å². The van der Waals surface area contributed by atoms with Crippen molar-refractivity contribution in [3.8, 4) is 11.5 Å². The summed E-state index contributed by atoms with van der Waals surface area (Å²) in [5.74, 6) is 3.85. The fourth-order valence-corrected chi connectivity index (χ4v) is 4.48. The van der Waals surface area contributed by atoms with Crippen molar-refractivity contribution >= 4 is 47.5 Å². The molecule has 30 heteroatoms. The lowest BCUT2D eigenvalue weighted by Gasteiger charge is -2.12. The van der Waals surface area contributed by atoms with Crippen molar-refractivity contribution in [3.63, 3.8) is 0 Å². The molecule has 2 aromatic carbocycles. The van der Waals surface area contributed by atoms with Crippen molar-refractivity contribution in [2.24, 2.45) is 14.1 Å². The second kappa shape index (κ2) is 25.0. The number of carbonyl (C=O) groups excluding carboxylic acids is 4. The van der Waals surface area contributed by atoms with Gasteiger partial charge < -0.3 is 20.5 Å². The number of carbonyl (C=O) groups is 4. The van der Waals surface area contributed by atoms with E-state index in [1.165, 1.54) is 39.6 Å². The molecule has 0 aliphatic rings. The lowest BCUT2D eigenvalue weighted by Crippen LogP contribution is -2.37. The minimum Gasteiger partial charge on any atom is -0.410 e. The van der Waals surface area contributed by atoms with Gasteiger partial charge in [-0.05, 0) is 52.0 Å². The predicted octanol–water partition coefficient (Wildman–Crippen LogP) is -0.315.